The third-order valence-corrected chi connectivity index (χ3v) is 3.59. The molecule has 0 fully saturated rings. The Morgan fingerprint density at radius 3 is 2.75 bits per heavy atom. The first-order chi connectivity index (χ1) is 11.8. The molecule has 0 aliphatic rings. The van der Waals surface area contributed by atoms with Gasteiger partial charge in [0.05, 0.1) is 11.9 Å². The van der Waals surface area contributed by atoms with Crippen LogP contribution in [0.15, 0.2) is 66.2 Å². The lowest BCUT2D eigenvalue weighted by atomic mass is 10.1. The summed E-state index contributed by atoms with van der Waals surface area (Å²) in [5.74, 6) is 0. The van der Waals surface area contributed by atoms with Crippen molar-refractivity contribution in [2.24, 2.45) is 5.10 Å². The standard InChI is InChI=1S/C17H16N6S/c1-18-17(24)21-20-11-14-12-23(15-7-3-2-4-8-15)22-16(14)13-6-5-9-19-10-13/h2-12H,1H3,(H2,18,21,24)/b20-11+. The molecule has 0 amide bonds. The van der Waals surface area contributed by atoms with Crippen molar-refractivity contribution >= 4 is 23.5 Å². The molecule has 0 aliphatic carbocycles. The zero-order valence-electron chi connectivity index (χ0n) is 13.0. The van der Waals surface area contributed by atoms with E-state index in [2.05, 4.69) is 25.9 Å². The summed E-state index contributed by atoms with van der Waals surface area (Å²) in [7, 11) is 1.74. The Balaban J connectivity index is 1.99. The quantitative estimate of drug-likeness (QED) is 0.435. The van der Waals surface area contributed by atoms with E-state index in [1.807, 2.05) is 53.3 Å². The monoisotopic (exact) mass is 336 g/mol. The third kappa shape index (κ3) is 3.64. The number of thiocarbonyl (C=S) groups is 1. The van der Waals surface area contributed by atoms with Crippen LogP contribution in [-0.2, 0) is 0 Å². The van der Waals surface area contributed by atoms with Gasteiger partial charge in [-0.1, -0.05) is 18.2 Å². The summed E-state index contributed by atoms with van der Waals surface area (Å²) in [6.07, 6.45) is 7.13. The second-order valence-electron chi connectivity index (χ2n) is 4.90. The van der Waals surface area contributed by atoms with Gasteiger partial charge in [0.2, 0.25) is 0 Å². The normalized spacial score (nSPS) is 10.7. The first-order valence-corrected chi connectivity index (χ1v) is 7.75. The number of rotatable bonds is 4. The molecule has 24 heavy (non-hydrogen) atoms. The molecular weight excluding hydrogens is 320 g/mol. The van der Waals surface area contributed by atoms with Gasteiger partial charge in [-0.25, -0.2) is 4.68 Å². The van der Waals surface area contributed by atoms with Crippen molar-refractivity contribution in [3.63, 3.8) is 0 Å². The van der Waals surface area contributed by atoms with Crippen LogP contribution in [-0.4, -0.2) is 33.1 Å². The maximum Gasteiger partial charge on any atom is 0.186 e. The fraction of sp³-hybridized carbons (Fsp3) is 0.0588. The summed E-state index contributed by atoms with van der Waals surface area (Å²) in [4.78, 5) is 4.17. The van der Waals surface area contributed by atoms with Crippen LogP contribution in [0.3, 0.4) is 0 Å². The van der Waals surface area contributed by atoms with Crippen molar-refractivity contribution in [2.75, 3.05) is 7.05 Å². The van der Waals surface area contributed by atoms with Gasteiger partial charge in [-0.2, -0.15) is 10.2 Å². The summed E-state index contributed by atoms with van der Waals surface area (Å²) in [5.41, 5.74) is 6.30. The second kappa shape index (κ2) is 7.47. The molecule has 0 aliphatic heterocycles. The van der Waals surface area contributed by atoms with Gasteiger partial charge >= 0.3 is 0 Å². The van der Waals surface area contributed by atoms with Gasteiger partial charge < -0.3 is 5.32 Å². The van der Waals surface area contributed by atoms with Gasteiger partial charge in [0.1, 0.15) is 5.69 Å². The van der Waals surface area contributed by atoms with Crippen LogP contribution in [0.2, 0.25) is 0 Å². The van der Waals surface area contributed by atoms with Crippen LogP contribution in [0.25, 0.3) is 16.9 Å². The molecule has 0 radical (unpaired) electrons. The van der Waals surface area contributed by atoms with Crippen LogP contribution in [0.5, 0.6) is 0 Å². The number of hydrazone groups is 1. The van der Waals surface area contributed by atoms with Gasteiger partial charge in [0.25, 0.3) is 0 Å². The van der Waals surface area contributed by atoms with Gasteiger partial charge in [-0.05, 0) is 36.5 Å². The average molecular weight is 336 g/mol. The SMILES string of the molecule is CNC(=S)N/N=C/c1cn(-c2ccccc2)nc1-c1cccnc1. The molecule has 2 aromatic heterocycles. The topological polar surface area (TPSA) is 67.1 Å². The van der Waals surface area contributed by atoms with E-state index in [9.17, 15) is 0 Å². The zero-order valence-corrected chi connectivity index (χ0v) is 13.9. The smallest absolute Gasteiger partial charge is 0.186 e. The number of hydrogen-bond donors (Lipinski definition) is 2. The Morgan fingerprint density at radius 1 is 1.21 bits per heavy atom. The number of pyridine rings is 1. The van der Waals surface area contributed by atoms with E-state index >= 15 is 0 Å². The van der Waals surface area contributed by atoms with E-state index in [1.165, 1.54) is 0 Å². The molecule has 3 rings (SSSR count). The van der Waals surface area contributed by atoms with Crippen LogP contribution in [0, 0.1) is 0 Å². The molecule has 1 aromatic carbocycles. The fourth-order valence-electron chi connectivity index (χ4n) is 2.14. The molecule has 2 heterocycles. The zero-order chi connectivity index (χ0) is 16.8. The predicted octanol–water partition coefficient (Wildman–Crippen LogP) is 2.36. The highest BCUT2D eigenvalue weighted by Gasteiger charge is 2.11. The number of nitrogens with one attached hydrogen (secondary N) is 2. The van der Waals surface area contributed by atoms with Crippen LogP contribution >= 0.6 is 12.2 Å². The van der Waals surface area contributed by atoms with E-state index in [0.717, 1.165) is 22.5 Å². The molecule has 0 saturated carbocycles. The molecule has 3 aromatic rings. The van der Waals surface area contributed by atoms with Gasteiger partial charge in [0, 0.05) is 36.8 Å². The van der Waals surface area contributed by atoms with Gasteiger partial charge in [-0.15, -0.1) is 0 Å². The van der Waals surface area contributed by atoms with E-state index in [1.54, 1.807) is 25.7 Å². The minimum Gasteiger partial charge on any atom is -0.364 e. The van der Waals surface area contributed by atoms with Gasteiger partial charge in [0.15, 0.2) is 5.11 Å². The summed E-state index contributed by atoms with van der Waals surface area (Å²) in [6.45, 7) is 0. The minimum absolute atomic E-state index is 0.449. The highest BCUT2D eigenvalue weighted by Crippen LogP contribution is 2.21. The van der Waals surface area contributed by atoms with Crippen molar-refractivity contribution in [3.8, 4) is 16.9 Å². The van der Waals surface area contributed by atoms with Crippen molar-refractivity contribution in [1.82, 2.24) is 25.5 Å². The van der Waals surface area contributed by atoms with Crippen molar-refractivity contribution in [1.29, 1.82) is 0 Å². The minimum atomic E-state index is 0.449. The lowest BCUT2D eigenvalue weighted by molar-refractivity contribution is 0.884. The molecule has 0 unspecified atom stereocenters. The number of nitrogens with zero attached hydrogens (tertiary/aromatic N) is 4. The number of aromatic nitrogens is 3. The Labute approximate surface area is 145 Å². The first-order valence-electron chi connectivity index (χ1n) is 7.34. The van der Waals surface area contributed by atoms with Crippen molar-refractivity contribution < 1.29 is 0 Å². The predicted molar refractivity (Wildman–Crippen MR) is 99.2 cm³/mol. The van der Waals surface area contributed by atoms with Crippen molar-refractivity contribution in [3.05, 3.63) is 66.6 Å². The Kier molecular flexibility index (Phi) is 4.93. The summed E-state index contributed by atoms with van der Waals surface area (Å²) in [6, 6.07) is 13.8. The molecule has 2 N–H and O–H groups in total. The van der Waals surface area contributed by atoms with Crippen LogP contribution < -0.4 is 10.7 Å². The number of hydrogen-bond acceptors (Lipinski definition) is 4. The summed E-state index contributed by atoms with van der Waals surface area (Å²) >= 11 is 5.01. The van der Waals surface area contributed by atoms with Crippen molar-refractivity contribution in [2.45, 2.75) is 0 Å². The molecule has 6 nitrogen and oxygen atoms in total. The molecule has 0 bridgehead atoms. The Morgan fingerprint density at radius 2 is 2.04 bits per heavy atom. The highest BCUT2D eigenvalue weighted by molar-refractivity contribution is 7.80. The Bertz CT molecular complexity index is 842. The molecule has 7 heteroatoms. The molecule has 120 valence electrons. The molecule has 0 spiro atoms. The van der Waals surface area contributed by atoms with E-state index in [-0.39, 0.29) is 0 Å². The molecular formula is C17H16N6S. The lowest BCUT2D eigenvalue weighted by Crippen LogP contribution is -2.28. The number of benzene rings is 1. The summed E-state index contributed by atoms with van der Waals surface area (Å²) in [5, 5.41) is 12.1. The maximum absolute atomic E-state index is 5.01. The van der Waals surface area contributed by atoms with Gasteiger partial charge in [-0.3, -0.25) is 10.4 Å². The second-order valence-corrected chi connectivity index (χ2v) is 5.31. The highest BCUT2D eigenvalue weighted by atomic mass is 32.1. The third-order valence-electron chi connectivity index (χ3n) is 3.30. The van der Waals surface area contributed by atoms with E-state index < -0.39 is 0 Å². The summed E-state index contributed by atoms with van der Waals surface area (Å²) < 4.78 is 1.82. The Hall–Kier alpha value is -3.06. The first kappa shape index (κ1) is 15.8. The molecule has 0 atom stereocenters. The maximum atomic E-state index is 5.01. The van der Waals surface area contributed by atoms with Crippen LogP contribution in [0.1, 0.15) is 5.56 Å². The lowest BCUT2D eigenvalue weighted by Gasteiger charge is -2.00. The fourth-order valence-corrected chi connectivity index (χ4v) is 2.19. The number of para-hydroxylation sites is 1. The molecule has 0 saturated heterocycles. The largest absolute Gasteiger partial charge is 0.364 e. The van der Waals surface area contributed by atoms with Crippen LogP contribution in [0.4, 0.5) is 0 Å². The van der Waals surface area contributed by atoms with E-state index in [4.69, 9.17) is 12.2 Å². The van der Waals surface area contributed by atoms with E-state index in [0.29, 0.717) is 5.11 Å². The average Bonchev–Trinajstić information content (AvgIpc) is 3.07.